The fraction of sp³-hybridized carbons (Fsp3) is 0.500. The van der Waals surface area contributed by atoms with Crippen LogP contribution in [0.25, 0.3) is 0 Å². The van der Waals surface area contributed by atoms with Crippen LogP contribution < -0.4 is 16.1 Å². The van der Waals surface area contributed by atoms with Gasteiger partial charge in [0.1, 0.15) is 6.04 Å². The lowest BCUT2D eigenvalue weighted by molar-refractivity contribution is -0.525. The molecular weight excluding hydrogens is 522 g/mol. The minimum absolute atomic E-state index is 0.0101. The molecule has 37 heavy (non-hydrogen) atoms. The molecule has 13 nitrogen and oxygen atoms in total. The molecule has 0 unspecified atom stereocenters. The molecule has 0 radical (unpaired) electrons. The maximum Gasteiger partial charge on any atom is 0.248 e. The van der Waals surface area contributed by atoms with Crippen molar-refractivity contribution in [3.63, 3.8) is 0 Å². The fourth-order valence-corrected chi connectivity index (χ4v) is 5.26. The number of rotatable bonds is 16. The third-order valence-corrected chi connectivity index (χ3v) is 7.20. The van der Waals surface area contributed by atoms with Crippen molar-refractivity contribution < 1.29 is 24.6 Å². The van der Waals surface area contributed by atoms with Crippen molar-refractivity contribution in [2.75, 3.05) is 5.32 Å². The van der Waals surface area contributed by atoms with Crippen LogP contribution in [0.4, 0.5) is 5.13 Å². The second kappa shape index (κ2) is 15.0. The zero-order valence-electron chi connectivity index (χ0n) is 20.5. The summed E-state index contributed by atoms with van der Waals surface area (Å²) in [7, 11) is 0. The van der Waals surface area contributed by atoms with Crippen molar-refractivity contribution in [2.24, 2.45) is 5.92 Å². The minimum atomic E-state index is -1.04. The summed E-state index contributed by atoms with van der Waals surface area (Å²) in [4.78, 5) is 54.5. The Balaban J connectivity index is 2.24. The van der Waals surface area contributed by atoms with Gasteiger partial charge in [0.05, 0.1) is 12.0 Å². The van der Waals surface area contributed by atoms with E-state index in [1.807, 2.05) is 26.0 Å². The molecule has 0 saturated heterocycles. The summed E-state index contributed by atoms with van der Waals surface area (Å²) < 4.78 is 0. The van der Waals surface area contributed by atoms with Gasteiger partial charge in [0.15, 0.2) is 16.0 Å². The molecular formula is C22H31N7O6S2. The van der Waals surface area contributed by atoms with Crippen LogP contribution in [-0.2, 0) is 20.8 Å². The molecule has 2 aromatic heterocycles. The van der Waals surface area contributed by atoms with Crippen LogP contribution in [-0.4, -0.2) is 56.4 Å². The van der Waals surface area contributed by atoms with Gasteiger partial charge >= 0.3 is 0 Å². The molecule has 0 aliphatic rings. The first-order valence-corrected chi connectivity index (χ1v) is 13.3. The normalized spacial score (nSPS) is 13.2. The maximum atomic E-state index is 13.6. The van der Waals surface area contributed by atoms with Crippen LogP contribution in [0.5, 0.6) is 0 Å². The Morgan fingerprint density at radius 2 is 2.08 bits per heavy atom. The van der Waals surface area contributed by atoms with Crippen molar-refractivity contribution in [2.45, 2.75) is 64.5 Å². The molecule has 3 atom stereocenters. The molecule has 2 aromatic rings. The van der Waals surface area contributed by atoms with Crippen molar-refractivity contribution in [1.29, 1.82) is 5.41 Å². The van der Waals surface area contributed by atoms with Gasteiger partial charge in [-0.3, -0.25) is 25.0 Å². The summed E-state index contributed by atoms with van der Waals surface area (Å²) in [5, 5.41) is 35.5. The number of carbonyl (C=O) groups is 3. The summed E-state index contributed by atoms with van der Waals surface area (Å²) in [5.41, 5.74) is 1.76. The lowest BCUT2D eigenvalue weighted by Crippen LogP contribution is -2.51. The Bertz CT molecular complexity index is 1060. The maximum absolute atomic E-state index is 13.6. The Kier molecular flexibility index (Phi) is 12.1. The Morgan fingerprint density at radius 1 is 1.32 bits per heavy atom. The number of aryl methyl sites for hydroxylation is 1. The third-order valence-electron chi connectivity index (χ3n) is 5.49. The number of anilines is 1. The number of thiophene rings is 1. The zero-order valence-corrected chi connectivity index (χ0v) is 22.1. The van der Waals surface area contributed by atoms with E-state index in [9.17, 15) is 29.7 Å². The van der Waals surface area contributed by atoms with E-state index in [0.717, 1.165) is 9.75 Å². The van der Waals surface area contributed by atoms with E-state index in [4.69, 9.17) is 5.41 Å². The second-order valence-electron chi connectivity index (χ2n) is 8.29. The number of hydrazine groups is 1. The van der Waals surface area contributed by atoms with Gasteiger partial charge in [0.2, 0.25) is 18.2 Å². The number of nitrogens with zero attached hydrogens (tertiary/aromatic N) is 3. The average molecular weight is 554 g/mol. The predicted octanol–water partition coefficient (Wildman–Crippen LogP) is 2.74. The molecule has 2 rings (SSSR count). The Hall–Kier alpha value is -3.43. The first-order chi connectivity index (χ1) is 17.6. The van der Waals surface area contributed by atoms with E-state index < -0.39 is 34.8 Å². The fourth-order valence-electron chi connectivity index (χ4n) is 3.78. The quantitative estimate of drug-likeness (QED) is 0.0523. The highest BCUT2D eigenvalue weighted by molar-refractivity contribution is 7.13. The number of amides is 3. The van der Waals surface area contributed by atoms with E-state index >= 15 is 0 Å². The van der Waals surface area contributed by atoms with Crippen LogP contribution in [0.2, 0.25) is 0 Å². The van der Waals surface area contributed by atoms with Gasteiger partial charge in [-0.25, -0.2) is 20.2 Å². The molecule has 2 heterocycles. The van der Waals surface area contributed by atoms with Gasteiger partial charge in [-0.05, 0) is 44.7 Å². The third kappa shape index (κ3) is 9.86. The number of nitro groups is 1. The molecule has 0 aliphatic heterocycles. The number of hydroxylamine groups is 2. The average Bonchev–Trinajstić information content (AvgIpc) is 3.50. The van der Waals surface area contributed by atoms with E-state index in [2.05, 4.69) is 15.6 Å². The van der Waals surface area contributed by atoms with Gasteiger partial charge in [0, 0.05) is 27.8 Å². The van der Waals surface area contributed by atoms with Crippen LogP contribution in [0.15, 0.2) is 23.7 Å². The molecule has 202 valence electrons. The summed E-state index contributed by atoms with van der Waals surface area (Å²) in [6.07, 6.45) is 3.26. The summed E-state index contributed by atoms with van der Waals surface area (Å²) >= 11 is 2.70. The number of thiazole rings is 1. The van der Waals surface area contributed by atoms with E-state index in [1.54, 1.807) is 10.8 Å². The van der Waals surface area contributed by atoms with Crippen molar-refractivity contribution >= 4 is 51.9 Å². The molecule has 0 aliphatic carbocycles. The number of hydrogen-bond acceptors (Lipinski definition) is 10. The van der Waals surface area contributed by atoms with Crippen LogP contribution in [0.1, 0.15) is 48.8 Å². The smallest absolute Gasteiger partial charge is 0.248 e. The zero-order chi connectivity index (χ0) is 27.4. The molecule has 15 heteroatoms. The minimum Gasteiger partial charge on any atom is -0.344 e. The number of aromatic nitrogens is 1. The van der Waals surface area contributed by atoms with Gasteiger partial charge < -0.3 is 10.6 Å². The number of nitrogens with one attached hydrogen (secondary N) is 4. The topological polar surface area (TPSA) is 191 Å². The van der Waals surface area contributed by atoms with Gasteiger partial charge in [-0.1, -0.05) is 18.8 Å². The first kappa shape index (κ1) is 29.8. The highest BCUT2D eigenvalue weighted by Gasteiger charge is 2.34. The molecule has 5 N–H and O–H groups in total. The first-order valence-electron chi connectivity index (χ1n) is 11.6. The highest BCUT2D eigenvalue weighted by Crippen LogP contribution is 2.25. The molecule has 0 spiro atoms. The monoisotopic (exact) mass is 553 g/mol. The van der Waals surface area contributed by atoms with E-state index in [-0.39, 0.29) is 37.9 Å². The Labute approximate surface area is 221 Å². The summed E-state index contributed by atoms with van der Waals surface area (Å²) in [6.45, 7) is 3.80. The lowest BCUT2D eigenvalue weighted by atomic mass is 9.90. The van der Waals surface area contributed by atoms with Crippen molar-refractivity contribution in [1.82, 2.24) is 20.8 Å². The van der Waals surface area contributed by atoms with Crippen LogP contribution in [0, 0.1) is 28.4 Å². The Morgan fingerprint density at radius 3 is 2.65 bits per heavy atom. The molecule has 3 amide bonds. The molecule has 0 bridgehead atoms. The molecule has 0 aromatic carbocycles. The number of carbonyl (C=O) groups excluding carboxylic acids is 3. The highest BCUT2D eigenvalue weighted by atomic mass is 32.1. The van der Waals surface area contributed by atoms with E-state index in [0.29, 0.717) is 23.0 Å². The summed E-state index contributed by atoms with van der Waals surface area (Å²) in [5.74, 6) is -2.24. The van der Waals surface area contributed by atoms with Gasteiger partial charge in [-0.15, -0.1) is 22.7 Å². The van der Waals surface area contributed by atoms with Crippen LogP contribution in [0.3, 0.4) is 0 Å². The summed E-state index contributed by atoms with van der Waals surface area (Å²) in [6, 6.07) is 1.94. The largest absolute Gasteiger partial charge is 0.344 e. The number of amidine groups is 1. The molecule has 0 saturated carbocycles. The second-order valence-corrected chi connectivity index (χ2v) is 10.6. The number of hydrogen-bond donors (Lipinski definition) is 5. The van der Waals surface area contributed by atoms with Crippen molar-refractivity contribution in [3.05, 3.63) is 43.6 Å². The lowest BCUT2D eigenvalue weighted by Gasteiger charge is -2.31. The van der Waals surface area contributed by atoms with E-state index in [1.165, 1.54) is 28.9 Å². The van der Waals surface area contributed by atoms with Crippen molar-refractivity contribution in [3.8, 4) is 0 Å². The predicted molar refractivity (Wildman–Crippen MR) is 139 cm³/mol. The standard InChI is InChI=1S/C22H31N7O6S2/c1-3-5-18(28(33)13-30)16(12-15-9-8-14(2)37-15)20(31)25-17(6-4-7-19(23)27-29(34)35)21(32)26-22-24-10-11-36-22/h8-11,13,16-18,33H,3-7,12H2,1-2H3,(H2,23,27)(H,25,31)(H,24,26,32)/t16-,17+,18+/m1/s1. The molecule has 0 fully saturated rings. The van der Waals surface area contributed by atoms with Gasteiger partial charge in [0.25, 0.3) is 0 Å². The van der Waals surface area contributed by atoms with Crippen LogP contribution >= 0.6 is 22.7 Å². The SMILES string of the molecule is CCC[C@@H]([C@@H](Cc1ccc(C)s1)C(=O)N[C@@H](CCCC(=N)N[N+](=O)[O-])C(=O)Nc1nccs1)N(O)C=O. The van der Waals surface area contributed by atoms with Gasteiger partial charge in [-0.2, -0.15) is 0 Å².